The van der Waals surface area contributed by atoms with Crippen LogP contribution in [-0.4, -0.2) is 43.5 Å². The third-order valence-electron chi connectivity index (χ3n) is 7.67. The van der Waals surface area contributed by atoms with E-state index < -0.39 is 5.60 Å². The second-order valence-electron chi connectivity index (χ2n) is 10.1. The molecule has 0 atom stereocenters. The summed E-state index contributed by atoms with van der Waals surface area (Å²) in [6.45, 7) is 3.42. The predicted molar refractivity (Wildman–Crippen MR) is 117 cm³/mol. The number of fused-ring (bicyclic) bond motifs is 1. The molecule has 0 bridgehead atoms. The summed E-state index contributed by atoms with van der Waals surface area (Å²) in [5.74, 6) is 1.57. The van der Waals surface area contributed by atoms with Crippen LogP contribution in [0.25, 0.3) is 16.7 Å². The SMILES string of the molecule is CC1(O)CCN(c2cc(-n3ncc4ccc(C5(C#N)CC6(CC6)C5)cc43)ncn2)CC1. The molecule has 1 spiro atoms. The molecule has 31 heavy (non-hydrogen) atoms. The van der Waals surface area contributed by atoms with Crippen LogP contribution in [0.3, 0.4) is 0 Å². The van der Waals surface area contributed by atoms with Crippen LogP contribution in [0.2, 0.25) is 0 Å². The zero-order valence-corrected chi connectivity index (χ0v) is 17.8. The number of nitriles is 1. The maximum absolute atomic E-state index is 10.2. The van der Waals surface area contributed by atoms with Gasteiger partial charge in [-0.15, -0.1) is 0 Å². The van der Waals surface area contributed by atoms with Gasteiger partial charge in [0.05, 0.1) is 28.8 Å². The minimum atomic E-state index is -0.599. The van der Waals surface area contributed by atoms with E-state index in [0.717, 1.165) is 61.1 Å². The summed E-state index contributed by atoms with van der Waals surface area (Å²) in [5, 5.41) is 25.8. The van der Waals surface area contributed by atoms with Gasteiger partial charge < -0.3 is 10.0 Å². The molecule has 158 valence electrons. The molecule has 3 heterocycles. The highest BCUT2D eigenvalue weighted by Crippen LogP contribution is 2.68. The van der Waals surface area contributed by atoms with Gasteiger partial charge in [0.25, 0.3) is 0 Å². The van der Waals surface area contributed by atoms with E-state index in [1.54, 1.807) is 6.33 Å². The zero-order chi connectivity index (χ0) is 21.3. The molecule has 1 aromatic carbocycles. The maximum Gasteiger partial charge on any atom is 0.159 e. The standard InChI is InChI=1S/C24H26N6O/c1-22(31)6-8-29(9-7-22)20-11-21(27-16-26-20)30-19-10-18(3-2-17(19)12-28-30)24(15-25)13-23(14-24)4-5-23/h2-3,10-12,16,31H,4-9,13-14H2,1H3. The average Bonchev–Trinajstić information content (AvgIpc) is 3.43. The molecule has 2 saturated carbocycles. The first-order valence-corrected chi connectivity index (χ1v) is 11.1. The summed E-state index contributed by atoms with van der Waals surface area (Å²) in [4.78, 5) is 11.1. The molecule has 7 heteroatoms. The Kier molecular flexibility index (Phi) is 3.79. The molecule has 1 saturated heterocycles. The minimum absolute atomic E-state index is 0.360. The zero-order valence-electron chi connectivity index (χ0n) is 17.8. The van der Waals surface area contributed by atoms with Gasteiger partial charge in [-0.25, -0.2) is 14.6 Å². The van der Waals surface area contributed by atoms with Crippen molar-refractivity contribution in [2.75, 3.05) is 18.0 Å². The second kappa shape index (κ2) is 6.27. The predicted octanol–water partition coefficient (Wildman–Crippen LogP) is 3.50. The van der Waals surface area contributed by atoms with Crippen molar-refractivity contribution in [3.63, 3.8) is 0 Å². The van der Waals surface area contributed by atoms with Gasteiger partial charge in [-0.1, -0.05) is 12.1 Å². The Bertz CT molecular complexity index is 1200. The number of aliphatic hydroxyl groups is 1. The molecular formula is C24H26N6O. The lowest BCUT2D eigenvalue weighted by Gasteiger charge is -2.44. The molecular weight excluding hydrogens is 388 g/mol. The molecule has 6 rings (SSSR count). The molecule has 0 radical (unpaired) electrons. The quantitative estimate of drug-likeness (QED) is 0.705. The van der Waals surface area contributed by atoms with Crippen molar-refractivity contribution in [3.8, 4) is 11.9 Å². The summed E-state index contributed by atoms with van der Waals surface area (Å²) in [6, 6.07) is 10.9. The molecule has 3 aliphatic rings. The van der Waals surface area contributed by atoms with Crippen molar-refractivity contribution < 1.29 is 5.11 Å². The highest BCUT2D eigenvalue weighted by atomic mass is 16.3. The first-order valence-electron chi connectivity index (χ1n) is 11.1. The fourth-order valence-electron chi connectivity index (χ4n) is 5.45. The smallest absolute Gasteiger partial charge is 0.159 e. The van der Waals surface area contributed by atoms with Gasteiger partial charge in [0.2, 0.25) is 0 Å². The van der Waals surface area contributed by atoms with Gasteiger partial charge in [0.1, 0.15) is 12.1 Å². The normalized spacial score (nSPS) is 22.8. The lowest BCUT2D eigenvalue weighted by atomic mass is 9.57. The van der Waals surface area contributed by atoms with Crippen LogP contribution in [-0.2, 0) is 5.41 Å². The third-order valence-corrected chi connectivity index (χ3v) is 7.67. The fourth-order valence-corrected chi connectivity index (χ4v) is 5.45. The van der Waals surface area contributed by atoms with Crippen LogP contribution in [0.1, 0.15) is 51.0 Å². The van der Waals surface area contributed by atoms with Crippen molar-refractivity contribution in [1.29, 1.82) is 5.26 Å². The fraction of sp³-hybridized carbons (Fsp3) is 0.500. The number of aromatic nitrogens is 4. The van der Waals surface area contributed by atoms with E-state index in [9.17, 15) is 10.4 Å². The lowest BCUT2D eigenvalue weighted by Crippen LogP contribution is -2.42. The van der Waals surface area contributed by atoms with Gasteiger partial charge in [-0.3, -0.25) is 0 Å². The number of hydrogen-bond acceptors (Lipinski definition) is 6. The highest BCUT2D eigenvalue weighted by Gasteiger charge is 2.61. The van der Waals surface area contributed by atoms with E-state index in [-0.39, 0.29) is 5.41 Å². The van der Waals surface area contributed by atoms with E-state index in [0.29, 0.717) is 11.2 Å². The van der Waals surface area contributed by atoms with E-state index in [2.05, 4.69) is 44.2 Å². The number of piperidine rings is 1. The summed E-state index contributed by atoms with van der Waals surface area (Å²) in [7, 11) is 0. The minimum Gasteiger partial charge on any atom is -0.390 e. The number of benzene rings is 1. The molecule has 0 amide bonds. The summed E-state index contributed by atoms with van der Waals surface area (Å²) < 4.78 is 1.85. The van der Waals surface area contributed by atoms with Crippen molar-refractivity contribution in [3.05, 3.63) is 42.4 Å². The van der Waals surface area contributed by atoms with Crippen LogP contribution in [0.4, 0.5) is 5.82 Å². The number of hydrogen-bond donors (Lipinski definition) is 1. The molecule has 3 aromatic rings. The van der Waals surface area contributed by atoms with Crippen LogP contribution in [0.15, 0.2) is 36.8 Å². The van der Waals surface area contributed by atoms with Crippen LogP contribution >= 0.6 is 0 Å². The van der Waals surface area contributed by atoms with E-state index in [1.165, 1.54) is 12.8 Å². The van der Waals surface area contributed by atoms with E-state index >= 15 is 0 Å². The molecule has 0 unspecified atom stereocenters. The molecule has 2 aromatic heterocycles. The molecule has 1 N–H and O–H groups in total. The van der Waals surface area contributed by atoms with Crippen LogP contribution in [0.5, 0.6) is 0 Å². The van der Waals surface area contributed by atoms with Gasteiger partial charge in [-0.05, 0) is 62.5 Å². The van der Waals surface area contributed by atoms with Crippen molar-refractivity contribution in [1.82, 2.24) is 19.7 Å². The Labute approximate surface area is 181 Å². The van der Waals surface area contributed by atoms with E-state index in [4.69, 9.17) is 0 Å². The highest BCUT2D eigenvalue weighted by molar-refractivity contribution is 5.81. The van der Waals surface area contributed by atoms with Crippen LogP contribution in [0, 0.1) is 16.7 Å². The second-order valence-corrected chi connectivity index (χ2v) is 10.1. The summed E-state index contributed by atoms with van der Waals surface area (Å²) in [5.41, 5.74) is 1.55. The number of anilines is 1. The van der Waals surface area contributed by atoms with Crippen molar-refractivity contribution in [2.45, 2.75) is 56.5 Å². The van der Waals surface area contributed by atoms with Crippen molar-refractivity contribution in [2.24, 2.45) is 5.41 Å². The third kappa shape index (κ3) is 3.01. The Morgan fingerprint density at radius 1 is 1.03 bits per heavy atom. The van der Waals surface area contributed by atoms with Gasteiger partial charge in [0.15, 0.2) is 5.82 Å². The topological polar surface area (TPSA) is 90.9 Å². The summed E-state index contributed by atoms with van der Waals surface area (Å²) in [6.07, 6.45) is 9.36. The molecule has 3 fully saturated rings. The first kappa shape index (κ1) is 18.8. The average molecular weight is 415 g/mol. The summed E-state index contributed by atoms with van der Waals surface area (Å²) >= 11 is 0. The Hall–Kier alpha value is -2.98. The Morgan fingerprint density at radius 2 is 1.77 bits per heavy atom. The first-order chi connectivity index (χ1) is 14.9. The maximum atomic E-state index is 10.2. The van der Waals surface area contributed by atoms with Gasteiger partial charge in [0, 0.05) is 24.5 Å². The monoisotopic (exact) mass is 414 g/mol. The van der Waals surface area contributed by atoms with Gasteiger partial charge >= 0.3 is 0 Å². The van der Waals surface area contributed by atoms with Crippen molar-refractivity contribution >= 4 is 16.7 Å². The number of nitrogens with zero attached hydrogens (tertiary/aromatic N) is 6. The van der Waals surface area contributed by atoms with Gasteiger partial charge in [-0.2, -0.15) is 10.4 Å². The lowest BCUT2D eigenvalue weighted by molar-refractivity contribution is 0.0350. The Morgan fingerprint density at radius 3 is 2.48 bits per heavy atom. The van der Waals surface area contributed by atoms with Crippen LogP contribution < -0.4 is 4.90 Å². The molecule has 7 nitrogen and oxygen atoms in total. The largest absolute Gasteiger partial charge is 0.390 e. The van der Waals surface area contributed by atoms with E-state index in [1.807, 2.05) is 23.9 Å². The molecule has 1 aliphatic heterocycles. The number of rotatable bonds is 3. The molecule has 2 aliphatic carbocycles. The Balaban J connectivity index is 1.34.